The monoisotopic (exact) mass is 456 g/mol. The molecular weight excluding hydrogens is 441 g/mol. The normalized spacial score (nSPS) is 11.4. The second-order valence-electron chi connectivity index (χ2n) is 6.94. The van der Waals surface area contributed by atoms with Crippen LogP contribution in [0.25, 0.3) is 0 Å². The summed E-state index contributed by atoms with van der Waals surface area (Å²) in [5.41, 5.74) is -2.97. The summed E-state index contributed by atoms with van der Waals surface area (Å²) >= 11 is 0. The minimum atomic E-state index is -4.82. The number of rotatable bonds is 4. The van der Waals surface area contributed by atoms with Crippen molar-refractivity contribution < 1.29 is 35.5 Å². The van der Waals surface area contributed by atoms with Gasteiger partial charge in [0.2, 0.25) is 0 Å². The molecule has 0 aliphatic heterocycles. The van der Waals surface area contributed by atoms with E-state index in [-0.39, 0.29) is 16.9 Å². The number of carbonyl (C=O) groups is 1. The van der Waals surface area contributed by atoms with Gasteiger partial charge in [0.25, 0.3) is 5.91 Å². The molecule has 3 aromatic carbocycles. The first-order valence-corrected chi connectivity index (χ1v) is 9.05. The number of alkyl halides is 3. The number of aryl methyl sites for hydroxylation is 1. The summed E-state index contributed by atoms with van der Waals surface area (Å²) in [5.74, 6) is -5.41. The van der Waals surface area contributed by atoms with Gasteiger partial charge in [-0.1, -0.05) is 0 Å². The van der Waals surface area contributed by atoms with Crippen molar-refractivity contribution in [1.82, 2.24) is 0 Å². The summed E-state index contributed by atoms with van der Waals surface area (Å²) in [5, 5.41) is 2.13. The van der Waals surface area contributed by atoms with Crippen molar-refractivity contribution in [2.75, 3.05) is 17.3 Å². The van der Waals surface area contributed by atoms with Gasteiger partial charge in [-0.05, 0) is 61.0 Å². The quantitative estimate of drug-likeness (QED) is 0.449. The Morgan fingerprint density at radius 3 is 2.03 bits per heavy atom. The molecule has 3 aromatic rings. The lowest BCUT2D eigenvalue weighted by Crippen LogP contribution is -2.19. The molecule has 10 heteroatoms. The van der Waals surface area contributed by atoms with E-state index >= 15 is 0 Å². The SMILES string of the molecule is Cc1cc(F)c(C(=O)Nc2ccc(N(C)c3cc(F)ccc3C(F)(F)F)c(F)c2)c(F)c1. The molecule has 0 unspecified atom stereocenters. The van der Waals surface area contributed by atoms with Crippen molar-refractivity contribution in [1.29, 1.82) is 0 Å². The Morgan fingerprint density at radius 1 is 0.844 bits per heavy atom. The van der Waals surface area contributed by atoms with Crippen LogP contribution in [0.15, 0.2) is 48.5 Å². The third-order valence-corrected chi connectivity index (χ3v) is 4.61. The third kappa shape index (κ3) is 4.68. The second kappa shape index (κ2) is 8.52. The number of nitrogens with one attached hydrogen (secondary N) is 1. The third-order valence-electron chi connectivity index (χ3n) is 4.61. The molecule has 0 aromatic heterocycles. The summed E-state index contributed by atoms with van der Waals surface area (Å²) in [6, 6.07) is 6.63. The standard InChI is InChI=1S/C22H15F7N2O/c1-11-7-16(25)20(17(26)8-11)21(32)30-13-4-6-18(15(24)10-13)31(2)19-9-12(23)3-5-14(19)22(27,28)29/h3-10H,1-2H3,(H,30,32). The van der Waals surface area contributed by atoms with Crippen LogP contribution in [-0.4, -0.2) is 13.0 Å². The molecular formula is C22H15F7N2O. The van der Waals surface area contributed by atoms with Crippen molar-refractivity contribution in [2.24, 2.45) is 0 Å². The number of anilines is 3. The predicted octanol–water partition coefficient (Wildman–Crippen LogP) is 6.59. The molecule has 0 aliphatic carbocycles. The van der Waals surface area contributed by atoms with E-state index in [0.29, 0.717) is 18.2 Å². The topological polar surface area (TPSA) is 32.3 Å². The zero-order valence-corrected chi connectivity index (χ0v) is 16.6. The molecule has 1 amide bonds. The van der Waals surface area contributed by atoms with Gasteiger partial charge in [-0.25, -0.2) is 17.6 Å². The number of hydrogen-bond donors (Lipinski definition) is 1. The molecule has 0 atom stereocenters. The van der Waals surface area contributed by atoms with Crippen LogP contribution >= 0.6 is 0 Å². The highest BCUT2D eigenvalue weighted by atomic mass is 19.4. The molecule has 32 heavy (non-hydrogen) atoms. The van der Waals surface area contributed by atoms with E-state index in [0.717, 1.165) is 42.3 Å². The molecule has 0 saturated carbocycles. The molecule has 0 saturated heterocycles. The van der Waals surface area contributed by atoms with Crippen LogP contribution in [0.1, 0.15) is 21.5 Å². The Labute approximate surface area is 178 Å². The molecule has 0 fully saturated rings. The summed E-state index contributed by atoms with van der Waals surface area (Å²) in [6.07, 6.45) is -4.82. The molecule has 0 aliphatic rings. The molecule has 3 rings (SSSR count). The second-order valence-corrected chi connectivity index (χ2v) is 6.94. The van der Waals surface area contributed by atoms with Crippen molar-refractivity contribution in [3.63, 3.8) is 0 Å². The summed E-state index contributed by atoms with van der Waals surface area (Å²) in [4.78, 5) is 13.0. The van der Waals surface area contributed by atoms with Crippen LogP contribution < -0.4 is 10.2 Å². The van der Waals surface area contributed by atoms with Crippen molar-refractivity contribution >= 4 is 23.0 Å². The highest BCUT2D eigenvalue weighted by Gasteiger charge is 2.35. The summed E-state index contributed by atoms with van der Waals surface area (Å²) in [6.45, 7) is 1.43. The number of halogens is 7. The fraction of sp³-hybridized carbons (Fsp3) is 0.136. The highest BCUT2D eigenvalue weighted by molar-refractivity contribution is 6.04. The molecule has 0 bridgehead atoms. The van der Waals surface area contributed by atoms with Crippen LogP contribution in [0.4, 0.5) is 47.8 Å². The fourth-order valence-electron chi connectivity index (χ4n) is 3.12. The number of carbonyl (C=O) groups excluding carboxylic acids is 1. The molecule has 0 radical (unpaired) electrons. The van der Waals surface area contributed by atoms with Gasteiger partial charge >= 0.3 is 6.18 Å². The van der Waals surface area contributed by atoms with E-state index in [4.69, 9.17) is 0 Å². The van der Waals surface area contributed by atoms with Gasteiger partial charge in [0.1, 0.15) is 28.8 Å². The molecule has 1 N–H and O–H groups in total. The van der Waals surface area contributed by atoms with E-state index in [1.807, 2.05) is 0 Å². The largest absolute Gasteiger partial charge is 0.418 e. The van der Waals surface area contributed by atoms with Gasteiger partial charge < -0.3 is 10.2 Å². The van der Waals surface area contributed by atoms with Crippen LogP contribution in [0, 0.1) is 30.2 Å². The maximum atomic E-state index is 14.7. The minimum absolute atomic E-state index is 0.195. The van der Waals surface area contributed by atoms with Crippen LogP contribution in [0.2, 0.25) is 0 Å². The van der Waals surface area contributed by atoms with E-state index in [1.165, 1.54) is 6.92 Å². The summed E-state index contributed by atoms with van der Waals surface area (Å²) in [7, 11) is 1.11. The van der Waals surface area contributed by atoms with Crippen molar-refractivity contribution in [3.8, 4) is 0 Å². The number of nitrogens with zero attached hydrogens (tertiary/aromatic N) is 1. The van der Waals surface area contributed by atoms with Gasteiger partial charge in [-0.3, -0.25) is 4.79 Å². The van der Waals surface area contributed by atoms with Crippen molar-refractivity contribution in [3.05, 3.63) is 88.5 Å². The average Bonchev–Trinajstić information content (AvgIpc) is 2.65. The van der Waals surface area contributed by atoms with Crippen LogP contribution in [0.3, 0.4) is 0 Å². The lowest BCUT2D eigenvalue weighted by atomic mass is 10.1. The average molecular weight is 456 g/mol. The Kier molecular flexibility index (Phi) is 6.16. The van der Waals surface area contributed by atoms with Gasteiger partial charge in [-0.15, -0.1) is 0 Å². The lowest BCUT2D eigenvalue weighted by Gasteiger charge is -2.24. The first kappa shape index (κ1) is 23.1. The minimum Gasteiger partial charge on any atom is -0.342 e. The first-order valence-electron chi connectivity index (χ1n) is 9.05. The zero-order chi connectivity index (χ0) is 23.8. The Bertz CT molecular complexity index is 1170. The van der Waals surface area contributed by atoms with E-state index in [1.54, 1.807) is 0 Å². The Hall–Kier alpha value is -3.56. The highest BCUT2D eigenvalue weighted by Crippen LogP contribution is 2.39. The maximum absolute atomic E-state index is 14.7. The van der Waals surface area contributed by atoms with Crippen LogP contribution in [0.5, 0.6) is 0 Å². The Balaban J connectivity index is 1.91. The lowest BCUT2D eigenvalue weighted by molar-refractivity contribution is -0.137. The smallest absolute Gasteiger partial charge is 0.342 e. The van der Waals surface area contributed by atoms with E-state index in [2.05, 4.69) is 5.32 Å². The van der Waals surface area contributed by atoms with E-state index < -0.39 is 52.2 Å². The molecule has 0 heterocycles. The number of amides is 1. The van der Waals surface area contributed by atoms with Gasteiger partial charge in [0.15, 0.2) is 0 Å². The van der Waals surface area contributed by atoms with Gasteiger partial charge in [-0.2, -0.15) is 13.2 Å². The van der Waals surface area contributed by atoms with Gasteiger partial charge in [0, 0.05) is 12.7 Å². The predicted molar refractivity (Wildman–Crippen MR) is 105 cm³/mol. The molecule has 168 valence electrons. The molecule has 0 spiro atoms. The Morgan fingerprint density at radius 2 is 1.47 bits per heavy atom. The number of benzene rings is 3. The maximum Gasteiger partial charge on any atom is 0.418 e. The summed E-state index contributed by atoms with van der Waals surface area (Å²) < 4.78 is 96.0. The van der Waals surface area contributed by atoms with Crippen LogP contribution in [-0.2, 0) is 6.18 Å². The number of hydrogen-bond acceptors (Lipinski definition) is 2. The fourth-order valence-corrected chi connectivity index (χ4v) is 3.12. The molecule has 3 nitrogen and oxygen atoms in total. The zero-order valence-electron chi connectivity index (χ0n) is 16.6. The first-order chi connectivity index (χ1) is 14.9. The van der Waals surface area contributed by atoms with E-state index in [9.17, 15) is 35.5 Å². The van der Waals surface area contributed by atoms with Crippen molar-refractivity contribution in [2.45, 2.75) is 13.1 Å². The van der Waals surface area contributed by atoms with Gasteiger partial charge in [0.05, 0.1) is 16.9 Å².